The highest BCUT2D eigenvalue weighted by atomic mass is 35.5. The molecule has 0 atom stereocenters. The minimum absolute atomic E-state index is 0.0431. The van der Waals surface area contributed by atoms with Crippen LogP contribution in [0.5, 0.6) is 5.75 Å². The van der Waals surface area contributed by atoms with Gasteiger partial charge in [-0.3, -0.25) is 0 Å². The van der Waals surface area contributed by atoms with Gasteiger partial charge in [0.15, 0.2) is 0 Å². The lowest BCUT2D eigenvalue weighted by atomic mass is 10.1. The van der Waals surface area contributed by atoms with Gasteiger partial charge in [-0.25, -0.2) is 13.1 Å². The summed E-state index contributed by atoms with van der Waals surface area (Å²) in [7, 11) is -3.73. The zero-order chi connectivity index (χ0) is 17.0. The van der Waals surface area contributed by atoms with Crippen LogP contribution in [0.4, 0.5) is 0 Å². The van der Waals surface area contributed by atoms with Crippen LogP contribution in [0, 0.1) is 13.8 Å². The van der Waals surface area contributed by atoms with Crippen molar-refractivity contribution in [3.05, 3.63) is 57.6 Å². The first kappa shape index (κ1) is 18.1. The highest BCUT2D eigenvalue weighted by Gasteiger charge is 2.18. The van der Waals surface area contributed by atoms with Crippen molar-refractivity contribution in [3.63, 3.8) is 0 Å². The molecule has 124 valence electrons. The fourth-order valence-electron chi connectivity index (χ4n) is 1.98. The average molecular weight is 374 g/mol. The molecule has 2 rings (SSSR count). The van der Waals surface area contributed by atoms with Gasteiger partial charge in [0.1, 0.15) is 17.3 Å². The van der Waals surface area contributed by atoms with Crippen LogP contribution in [-0.4, -0.2) is 21.6 Å². The van der Waals surface area contributed by atoms with E-state index in [2.05, 4.69) is 4.72 Å². The maximum absolute atomic E-state index is 12.2. The van der Waals surface area contributed by atoms with E-state index in [1.165, 1.54) is 18.2 Å². The number of rotatable bonds is 6. The van der Waals surface area contributed by atoms with Crippen LogP contribution in [0.2, 0.25) is 10.0 Å². The monoisotopic (exact) mass is 373 g/mol. The number of aryl methyl sites for hydroxylation is 1. The Hall–Kier alpha value is -1.27. The van der Waals surface area contributed by atoms with Gasteiger partial charge < -0.3 is 4.74 Å². The van der Waals surface area contributed by atoms with E-state index in [9.17, 15) is 8.42 Å². The molecule has 0 fully saturated rings. The first-order valence-electron chi connectivity index (χ1n) is 6.95. The second-order valence-corrected chi connectivity index (χ2v) is 7.60. The van der Waals surface area contributed by atoms with Gasteiger partial charge in [-0.1, -0.05) is 35.3 Å². The Morgan fingerprint density at radius 1 is 1.13 bits per heavy atom. The maximum atomic E-state index is 12.2. The molecule has 0 amide bonds. The Labute approximate surface area is 146 Å². The molecular weight excluding hydrogens is 357 g/mol. The Balaban J connectivity index is 1.98. The van der Waals surface area contributed by atoms with Gasteiger partial charge >= 0.3 is 0 Å². The molecule has 0 aliphatic heterocycles. The molecule has 7 heteroatoms. The second kappa shape index (κ2) is 7.53. The van der Waals surface area contributed by atoms with Crippen molar-refractivity contribution in [2.45, 2.75) is 18.7 Å². The van der Waals surface area contributed by atoms with E-state index >= 15 is 0 Å². The molecule has 0 bridgehead atoms. The van der Waals surface area contributed by atoms with E-state index < -0.39 is 10.0 Å². The largest absolute Gasteiger partial charge is 0.492 e. The highest BCUT2D eigenvalue weighted by molar-refractivity contribution is 7.89. The third-order valence-corrected chi connectivity index (χ3v) is 5.57. The number of nitrogens with one attached hydrogen (secondary N) is 1. The molecule has 0 unspecified atom stereocenters. The van der Waals surface area contributed by atoms with Crippen molar-refractivity contribution in [2.75, 3.05) is 13.2 Å². The Bertz CT molecular complexity index is 807. The molecule has 0 radical (unpaired) electrons. The van der Waals surface area contributed by atoms with Gasteiger partial charge in [0.2, 0.25) is 10.0 Å². The maximum Gasteiger partial charge on any atom is 0.242 e. The standard InChI is InChI=1S/C16H17Cl2NO3S/c1-11-4-3-5-15(12(11)2)22-9-8-19-23(20,21)16-10-13(17)6-7-14(16)18/h3-7,10,19H,8-9H2,1-2H3. The Morgan fingerprint density at radius 2 is 1.87 bits per heavy atom. The summed E-state index contributed by atoms with van der Waals surface area (Å²) in [5.41, 5.74) is 2.15. The van der Waals surface area contributed by atoms with Crippen LogP contribution in [0.15, 0.2) is 41.3 Å². The molecule has 0 aliphatic carbocycles. The molecule has 2 aromatic rings. The molecule has 0 saturated carbocycles. The fourth-order valence-corrected chi connectivity index (χ4v) is 3.75. The predicted octanol–water partition coefficient (Wildman–Crippen LogP) is 3.97. The van der Waals surface area contributed by atoms with E-state index in [1.54, 1.807) is 0 Å². The first-order chi connectivity index (χ1) is 10.8. The third-order valence-electron chi connectivity index (χ3n) is 3.39. The SMILES string of the molecule is Cc1cccc(OCCNS(=O)(=O)c2cc(Cl)ccc2Cl)c1C. The summed E-state index contributed by atoms with van der Waals surface area (Å²) in [5, 5.41) is 0.429. The minimum Gasteiger partial charge on any atom is -0.492 e. The van der Waals surface area contributed by atoms with Crippen LogP contribution in [0.3, 0.4) is 0 Å². The summed E-state index contributed by atoms with van der Waals surface area (Å²) in [6.45, 7) is 4.28. The molecule has 0 aromatic heterocycles. The van der Waals surface area contributed by atoms with Crippen molar-refractivity contribution in [1.82, 2.24) is 4.72 Å². The van der Waals surface area contributed by atoms with Gasteiger partial charge in [-0.15, -0.1) is 0 Å². The number of sulfonamides is 1. The molecule has 0 aliphatic rings. The van der Waals surface area contributed by atoms with E-state index in [4.69, 9.17) is 27.9 Å². The van der Waals surface area contributed by atoms with Crippen LogP contribution < -0.4 is 9.46 Å². The average Bonchev–Trinajstić information content (AvgIpc) is 2.50. The topological polar surface area (TPSA) is 55.4 Å². The minimum atomic E-state index is -3.73. The molecule has 0 saturated heterocycles. The van der Waals surface area contributed by atoms with Crippen molar-refractivity contribution in [3.8, 4) is 5.75 Å². The fraction of sp³-hybridized carbons (Fsp3) is 0.250. The van der Waals surface area contributed by atoms with Crippen LogP contribution >= 0.6 is 23.2 Å². The predicted molar refractivity (Wildman–Crippen MR) is 93.1 cm³/mol. The van der Waals surface area contributed by atoms with Crippen molar-refractivity contribution >= 4 is 33.2 Å². The third kappa shape index (κ3) is 4.61. The summed E-state index contributed by atoms with van der Waals surface area (Å²) in [5.74, 6) is 0.741. The highest BCUT2D eigenvalue weighted by Crippen LogP contribution is 2.24. The van der Waals surface area contributed by atoms with Gasteiger partial charge in [-0.2, -0.15) is 0 Å². The number of benzene rings is 2. The van der Waals surface area contributed by atoms with E-state index in [0.29, 0.717) is 5.02 Å². The molecule has 4 nitrogen and oxygen atoms in total. The molecular formula is C16H17Cl2NO3S. The Morgan fingerprint density at radius 3 is 2.61 bits per heavy atom. The smallest absolute Gasteiger partial charge is 0.242 e. The summed E-state index contributed by atoms with van der Waals surface area (Å²) in [4.78, 5) is -0.0431. The summed E-state index contributed by atoms with van der Waals surface area (Å²) < 4.78 is 32.5. The zero-order valence-corrected chi connectivity index (χ0v) is 15.1. The molecule has 2 aromatic carbocycles. The van der Waals surface area contributed by atoms with Gasteiger partial charge in [0.05, 0.1) is 5.02 Å². The number of hydrogen-bond acceptors (Lipinski definition) is 3. The number of halogens is 2. The number of hydrogen-bond donors (Lipinski definition) is 1. The Kier molecular flexibility index (Phi) is 5.92. The van der Waals surface area contributed by atoms with Crippen LogP contribution in [0.25, 0.3) is 0 Å². The first-order valence-corrected chi connectivity index (χ1v) is 9.19. The summed E-state index contributed by atoms with van der Waals surface area (Å²) >= 11 is 11.7. The van der Waals surface area contributed by atoms with Crippen LogP contribution in [0.1, 0.15) is 11.1 Å². The quantitative estimate of drug-likeness (QED) is 0.779. The summed E-state index contributed by atoms with van der Waals surface area (Å²) in [6, 6.07) is 10.0. The van der Waals surface area contributed by atoms with Crippen molar-refractivity contribution in [1.29, 1.82) is 0 Å². The normalized spacial score (nSPS) is 11.5. The molecule has 1 N–H and O–H groups in total. The second-order valence-electron chi connectivity index (χ2n) is 5.02. The van der Waals surface area contributed by atoms with Gasteiger partial charge in [0.25, 0.3) is 0 Å². The lowest BCUT2D eigenvalue weighted by Gasteiger charge is -2.12. The number of ether oxygens (including phenoxy) is 1. The van der Waals surface area contributed by atoms with Gasteiger partial charge in [0, 0.05) is 11.6 Å². The zero-order valence-electron chi connectivity index (χ0n) is 12.8. The van der Waals surface area contributed by atoms with Crippen molar-refractivity contribution in [2.24, 2.45) is 0 Å². The van der Waals surface area contributed by atoms with E-state index in [1.807, 2.05) is 32.0 Å². The van der Waals surface area contributed by atoms with Crippen molar-refractivity contribution < 1.29 is 13.2 Å². The molecule has 0 spiro atoms. The van der Waals surface area contributed by atoms with Crippen LogP contribution in [-0.2, 0) is 10.0 Å². The lowest BCUT2D eigenvalue weighted by molar-refractivity contribution is 0.320. The molecule has 23 heavy (non-hydrogen) atoms. The molecule has 0 heterocycles. The van der Waals surface area contributed by atoms with Gasteiger partial charge in [-0.05, 0) is 49.2 Å². The lowest BCUT2D eigenvalue weighted by Crippen LogP contribution is -2.28. The van der Waals surface area contributed by atoms with E-state index in [0.717, 1.165) is 16.9 Å². The van der Waals surface area contributed by atoms with E-state index in [-0.39, 0.29) is 23.1 Å². The summed E-state index contributed by atoms with van der Waals surface area (Å²) in [6.07, 6.45) is 0.